The SMILES string of the molecule is C/C=C(\C)[SiH](N(Cc1ccccc1)Cc1ccccc1)N(Cc1ccccc1)Cc1ccccc1. The van der Waals surface area contributed by atoms with Crippen LogP contribution in [0.1, 0.15) is 36.1 Å². The van der Waals surface area contributed by atoms with E-state index < -0.39 is 9.12 Å². The highest BCUT2D eigenvalue weighted by molar-refractivity contribution is 6.60. The quantitative estimate of drug-likeness (QED) is 0.213. The van der Waals surface area contributed by atoms with E-state index >= 15 is 0 Å². The molecule has 0 bridgehead atoms. The Morgan fingerprint density at radius 2 is 0.771 bits per heavy atom. The van der Waals surface area contributed by atoms with Crippen LogP contribution in [-0.4, -0.2) is 18.3 Å². The van der Waals surface area contributed by atoms with E-state index in [9.17, 15) is 0 Å². The van der Waals surface area contributed by atoms with Crippen LogP contribution in [0.5, 0.6) is 0 Å². The summed E-state index contributed by atoms with van der Waals surface area (Å²) in [6.45, 7) is 8.30. The lowest BCUT2D eigenvalue weighted by Crippen LogP contribution is -2.52. The summed E-state index contributed by atoms with van der Waals surface area (Å²) in [4.78, 5) is 0. The molecule has 0 N–H and O–H groups in total. The average Bonchev–Trinajstić information content (AvgIpc) is 2.91. The second-order valence-corrected chi connectivity index (χ2v) is 12.3. The highest BCUT2D eigenvalue weighted by atomic mass is 28.3. The minimum atomic E-state index is -1.71. The van der Waals surface area contributed by atoms with Gasteiger partial charge in [-0.2, -0.15) is 0 Å². The number of benzene rings is 4. The van der Waals surface area contributed by atoms with E-state index in [4.69, 9.17) is 0 Å². The van der Waals surface area contributed by atoms with Crippen molar-refractivity contribution in [1.82, 2.24) is 9.13 Å². The van der Waals surface area contributed by atoms with Crippen LogP contribution in [-0.2, 0) is 26.2 Å². The summed E-state index contributed by atoms with van der Waals surface area (Å²) in [7, 11) is -1.71. The number of hydrogen-bond donors (Lipinski definition) is 0. The van der Waals surface area contributed by atoms with Gasteiger partial charge in [0.2, 0.25) is 9.12 Å². The van der Waals surface area contributed by atoms with Crippen LogP contribution in [0.15, 0.2) is 133 Å². The van der Waals surface area contributed by atoms with Gasteiger partial charge in [0.05, 0.1) is 0 Å². The van der Waals surface area contributed by atoms with Crippen molar-refractivity contribution in [2.75, 3.05) is 0 Å². The number of hydrogen-bond acceptors (Lipinski definition) is 2. The molecule has 178 valence electrons. The zero-order valence-corrected chi connectivity index (χ0v) is 22.1. The zero-order valence-electron chi connectivity index (χ0n) is 20.9. The second kappa shape index (κ2) is 13.0. The maximum absolute atomic E-state index is 2.76. The highest BCUT2D eigenvalue weighted by Crippen LogP contribution is 2.22. The van der Waals surface area contributed by atoms with Gasteiger partial charge < -0.3 is 9.13 Å². The first-order valence-electron chi connectivity index (χ1n) is 12.5. The van der Waals surface area contributed by atoms with Gasteiger partial charge in [-0.05, 0) is 36.1 Å². The van der Waals surface area contributed by atoms with Crippen LogP contribution in [0.2, 0.25) is 0 Å². The summed E-state index contributed by atoms with van der Waals surface area (Å²) in [5.41, 5.74) is 5.46. The Bertz CT molecular complexity index is 991. The molecule has 0 unspecified atom stereocenters. The zero-order chi connectivity index (χ0) is 24.3. The van der Waals surface area contributed by atoms with Crippen LogP contribution >= 0.6 is 0 Å². The largest absolute Gasteiger partial charge is 0.303 e. The fraction of sp³-hybridized carbons (Fsp3) is 0.188. The first-order chi connectivity index (χ1) is 17.2. The predicted molar refractivity (Wildman–Crippen MR) is 151 cm³/mol. The molecular formula is C32H36N2Si. The first kappa shape index (κ1) is 24.9. The fourth-order valence-electron chi connectivity index (χ4n) is 4.69. The van der Waals surface area contributed by atoms with Crippen LogP contribution in [0.25, 0.3) is 0 Å². The van der Waals surface area contributed by atoms with Crippen molar-refractivity contribution in [1.29, 1.82) is 0 Å². The van der Waals surface area contributed by atoms with Crippen LogP contribution < -0.4 is 0 Å². The van der Waals surface area contributed by atoms with Crippen LogP contribution in [0.3, 0.4) is 0 Å². The molecule has 0 radical (unpaired) electrons. The van der Waals surface area contributed by atoms with Gasteiger partial charge in [0, 0.05) is 26.2 Å². The molecule has 0 aliphatic carbocycles. The normalized spacial score (nSPS) is 12.0. The third-order valence-corrected chi connectivity index (χ3v) is 9.73. The van der Waals surface area contributed by atoms with Gasteiger partial charge in [0.1, 0.15) is 0 Å². The summed E-state index contributed by atoms with van der Waals surface area (Å²) in [6.07, 6.45) is 2.34. The smallest absolute Gasteiger partial charge is 0.219 e. The molecule has 4 rings (SSSR count). The molecule has 4 aromatic rings. The van der Waals surface area contributed by atoms with Crippen molar-refractivity contribution < 1.29 is 0 Å². The molecule has 2 nitrogen and oxygen atoms in total. The van der Waals surface area contributed by atoms with E-state index in [1.165, 1.54) is 27.5 Å². The van der Waals surface area contributed by atoms with Gasteiger partial charge in [0.15, 0.2) is 0 Å². The maximum atomic E-state index is 2.76. The average molecular weight is 477 g/mol. The Morgan fingerprint density at radius 3 is 1.00 bits per heavy atom. The van der Waals surface area contributed by atoms with Gasteiger partial charge in [-0.3, -0.25) is 0 Å². The van der Waals surface area contributed by atoms with E-state index in [0.717, 1.165) is 26.2 Å². The number of nitrogens with zero attached hydrogens (tertiary/aromatic N) is 2. The summed E-state index contributed by atoms with van der Waals surface area (Å²) in [6, 6.07) is 43.7. The number of allylic oxidation sites excluding steroid dienone is 2. The molecule has 0 aromatic heterocycles. The highest BCUT2D eigenvalue weighted by Gasteiger charge is 2.29. The molecule has 0 amide bonds. The maximum Gasteiger partial charge on any atom is 0.219 e. The van der Waals surface area contributed by atoms with E-state index in [1.54, 1.807) is 0 Å². The molecular weight excluding hydrogens is 440 g/mol. The van der Waals surface area contributed by atoms with Crippen molar-refractivity contribution in [3.05, 3.63) is 155 Å². The summed E-state index contributed by atoms with van der Waals surface area (Å²) in [5, 5.41) is 1.50. The minimum Gasteiger partial charge on any atom is -0.303 e. The first-order valence-corrected chi connectivity index (χ1v) is 14.1. The number of rotatable bonds is 11. The van der Waals surface area contributed by atoms with Crippen molar-refractivity contribution >= 4 is 9.12 Å². The van der Waals surface area contributed by atoms with Gasteiger partial charge in [-0.25, -0.2) is 0 Å². The van der Waals surface area contributed by atoms with Gasteiger partial charge in [0.25, 0.3) is 0 Å². The van der Waals surface area contributed by atoms with Crippen molar-refractivity contribution in [2.45, 2.75) is 40.0 Å². The van der Waals surface area contributed by atoms with Crippen LogP contribution in [0.4, 0.5) is 0 Å². The predicted octanol–water partition coefficient (Wildman–Crippen LogP) is 7.12. The molecule has 0 fully saturated rings. The Balaban J connectivity index is 1.74. The molecule has 0 saturated carbocycles. The van der Waals surface area contributed by atoms with Crippen molar-refractivity contribution in [3.8, 4) is 0 Å². The van der Waals surface area contributed by atoms with Gasteiger partial charge >= 0.3 is 0 Å². The Hall–Kier alpha value is -3.24. The standard InChI is InChI=1S/C32H36N2Si/c1-3-28(2)35(33(24-29-16-8-4-9-17-29)25-30-18-10-5-11-19-30)34(26-31-20-12-6-13-21-31)27-32-22-14-7-15-23-32/h3-23,35H,24-27H2,1-2H3/b28-3+. The Kier molecular flexibility index (Phi) is 9.24. The Labute approximate surface area is 212 Å². The minimum absolute atomic E-state index is 0.942. The Morgan fingerprint density at radius 1 is 0.514 bits per heavy atom. The van der Waals surface area contributed by atoms with Crippen molar-refractivity contribution in [3.63, 3.8) is 0 Å². The molecule has 0 heterocycles. The lowest BCUT2D eigenvalue weighted by Gasteiger charge is -2.40. The van der Waals surface area contributed by atoms with Crippen molar-refractivity contribution in [2.24, 2.45) is 0 Å². The van der Waals surface area contributed by atoms with Gasteiger partial charge in [-0.1, -0.05) is 133 Å². The van der Waals surface area contributed by atoms with E-state index in [0.29, 0.717) is 0 Å². The monoisotopic (exact) mass is 476 g/mol. The third-order valence-electron chi connectivity index (χ3n) is 6.47. The fourth-order valence-corrected chi connectivity index (χ4v) is 8.13. The molecule has 0 atom stereocenters. The topological polar surface area (TPSA) is 6.48 Å². The molecule has 4 aromatic carbocycles. The molecule has 35 heavy (non-hydrogen) atoms. The summed E-state index contributed by atoms with van der Waals surface area (Å²) in [5.74, 6) is 0. The van der Waals surface area contributed by atoms with E-state index in [-0.39, 0.29) is 0 Å². The summed E-state index contributed by atoms with van der Waals surface area (Å²) >= 11 is 0. The summed E-state index contributed by atoms with van der Waals surface area (Å²) < 4.78 is 5.51. The van der Waals surface area contributed by atoms with Crippen LogP contribution in [0, 0.1) is 0 Å². The molecule has 0 aliphatic heterocycles. The van der Waals surface area contributed by atoms with Gasteiger partial charge in [-0.15, -0.1) is 0 Å². The third kappa shape index (κ3) is 7.37. The lowest BCUT2D eigenvalue weighted by molar-refractivity contribution is 0.327. The van der Waals surface area contributed by atoms with E-state index in [1.807, 2.05) is 0 Å². The lowest BCUT2D eigenvalue weighted by atomic mass is 10.2. The van der Waals surface area contributed by atoms with E-state index in [2.05, 4.69) is 150 Å². The second-order valence-electron chi connectivity index (χ2n) is 9.16. The molecule has 0 saturated heterocycles. The molecule has 3 heteroatoms. The molecule has 0 spiro atoms. The molecule has 0 aliphatic rings.